The van der Waals surface area contributed by atoms with Crippen LogP contribution in [-0.4, -0.2) is 33.9 Å². The van der Waals surface area contributed by atoms with E-state index < -0.39 is 0 Å². The van der Waals surface area contributed by atoms with Crippen molar-refractivity contribution in [2.45, 2.75) is 33.6 Å². The number of aryl methyl sites for hydroxylation is 3. The molecule has 3 aromatic heterocycles. The van der Waals surface area contributed by atoms with Crippen molar-refractivity contribution in [1.82, 2.24) is 15.0 Å². The van der Waals surface area contributed by atoms with Crippen molar-refractivity contribution in [3.05, 3.63) is 71.3 Å². The van der Waals surface area contributed by atoms with E-state index >= 15 is 0 Å². The molecule has 3 rings (SSSR count). The van der Waals surface area contributed by atoms with Crippen LogP contribution in [-0.2, 0) is 11.3 Å². The molecule has 0 unspecified atom stereocenters. The Hall–Kier alpha value is -3.72. The highest BCUT2D eigenvalue weighted by Crippen LogP contribution is 2.22. The third-order valence-electron chi connectivity index (χ3n) is 4.45. The van der Waals surface area contributed by atoms with Crippen LogP contribution in [0.1, 0.15) is 36.1 Å². The Morgan fingerprint density at radius 2 is 1.84 bits per heavy atom. The molecule has 0 bridgehead atoms. The number of terminal acetylenes is 1. The van der Waals surface area contributed by atoms with Crippen LogP contribution in [0.3, 0.4) is 0 Å². The normalized spacial score (nSPS) is 11.1. The lowest BCUT2D eigenvalue weighted by Crippen LogP contribution is -2.02. The summed E-state index contributed by atoms with van der Waals surface area (Å²) >= 11 is 0. The molecule has 3 heterocycles. The zero-order valence-corrected chi connectivity index (χ0v) is 18.1. The van der Waals surface area contributed by atoms with Gasteiger partial charge in [-0.15, -0.1) is 6.42 Å². The van der Waals surface area contributed by atoms with Crippen LogP contribution in [0.5, 0.6) is 5.75 Å². The quantitative estimate of drug-likeness (QED) is 0.222. The molecule has 0 aromatic carbocycles. The molecule has 0 spiro atoms. The summed E-state index contributed by atoms with van der Waals surface area (Å²) in [4.78, 5) is 19.2. The molecule has 0 aliphatic carbocycles. The van der Waals surface area contributed by atoms with Gasteiger partial charge in [-0.1, -0.05) is 23.2 Å². The maximum Gasteiger partial charge on any atom is 0.148 e. The van der Waals surface area contributed by atoms with Crippen LogP contribution in [0.2, 0.25) is 0 Å². The summed E-state index contributed by atoms with van der Waals surface area (Å²) in [5, 5.41) is 4.17. The molecule has 0 aliphatic heterocycles. The lowest BCUT2D eigenvalue weighted by Gasteiger charge is -2.08. The number of hydrogen-bond donors (Lipinski definition) is 0. The Kier molecular flexibility index (Phi) is 7.72. The van der Waals surface area contributed by atoms with E-state index in [-0.39, 0.29) is 6.61 Å². The second-order valence-electron chi connectivity index (χ2n) is 7.11. The number of nitrogens with zero attached hydrogens (tertiary/aromatic N) is 4. The number of hydrogen-bond acceptors (Lipinski definition) is 6. The van der Waals surface area contributed by atoms with Gasteiger partial charge in [-0.3, -0.25) is 15.0 Å². The van der Waals surface area contributed by atoms with Crippen molar-refractivity contribution < 1.29 is 9.57 Å². The molecule has 158 valence electrons. The minimum Gasteiger partial charge on any atom is -0.481 e. The van der Waals surface area contributed by atoms with E-state index in [2.05, 4.69) is 21.0 Å². The lowest BCUT2D eigenvalue weighted by atomic mass is 10.1. The fraction of sp³-hybridized carbons (Fsp3) is 0.280. The van der Waals surface area contributed by atoms with Crippen LogP contribution in [0.4, 0.5) is 0 Å². The predicted molar refractivity (Wildman–Crippen MR) is 122 cm³/mol. The standard InChI is InChI=1S/C25H26N4O2/c1-5-14-30-22-16-19(3)27-25(17-22)24-13-7-10-21(28-24)11-8-15-31-29-20(4)23-12-6-9-18(2)26-23/h1,6-7,9-10,12-13,16-17H,8,11,14-15H2,2-4H3. The number of ether oxygens (including phenoxy) is 1. The molecule has 0 radical (unpaired) electrons. The van der Waals surface area contributed by atoms with Gasteiger partial charge in [0.15, 0.2) is 0 Å². The van der Waals surface area contributed by atoms with Gasteiger partial charge in [0.1, 0.15) is 24.7 Å². The second-order valence-corrected chi connectivity index (χ2v) is 7.11. The molecule has 0 aliphatic rings. The van der Waals surface area contributed by atoms with Crippen molar-refractivity contribution in [2.75, 3.05) is 13.2 Å². The molecule has 6 nitrogen and oxygen atoms in total. The zero-order valence-electron chi connectivity index (χ0n) is 18.1. The second kappa shape index (κ2) is 10.9. The van der Waals surface area contributed by atoms with E-state index in [4.69, 9.17) is 21.0 Å². The minimum absolute atomic E-state index is 0.220. The molecule has 0 fully saturated rings. The summed E-state index contributed by atoms with van der Waals surface area (Å²) < 4.78 is 5.54. The molecule has 0 atom stereocenters. The van der Waals surface area contributed by atoms with Crippen LogP contribution >= 0.6 is 0 Å². The van der Waals surface area contributed by atoms with E-state index in [0.29, 0.717) is 12.4 Å². The number of oxime groups is 1. The van der Waals surface area contributed by atoms with E-state index in [1.165, 1.54) is 0 Å². The highest BCUT2D eigenvalue weighted by atomic mass is 16.6. The molecule has 6 heteroatoms. The monoisotopic (exact) mass is 414 g/mol. The average molecular weight is 415 g/mol. The van der Waals surface area contributed by atoms with Gasteiger partial charge in [0.2, 0.25) is 0 Å². The van der Waals surface area contributed by atoms with Crippen molar-refractivity contribution in [1.29, 1.82) is 0 Å². The van der Waals surface area contributed by atoms with Crippen molar-refractivity contribution >= 4 is 5.71 Å². The number of rotatable bonds is 9. The van der Waals surface area contributed by atoms with Gasteiger partial charge in [-0.05, 0) is 57.9 Å². The topological polar surface area (TPSA) is 69.5 Å². The largest absolute Gasteiger partial charge is 0.481 e. The van der Waals surface area contributed by atoms with E-state index in [0.717, 1.165) is 52.7 Å². The number of aromatic nitrogens is 3. The van der Waals surface area contributed by atoms with Gasteiger partial charge < -0.3 is 9.57 Å². The summed E-state index contributed by atoms with van der Waals surface area (Å²) in [5.74, 6) is 3.17. The first-order chi connectivity index (χ1) is 15.0. The fourth-order valence-electron chi connectivity index (χ4n) is 2.99. The van der Waals surface area contributed by atoms with Crippen LogP contribution < -0.4 is 4.74 Å². The number of pyridine rings is 3. The predicted octanol–water partition coefficient (Wildman–Crippen LogP) is 4.54. The van der Waals surface area contributed by atoms with Crippen LogP contribution in [0.15, 0.2) is 53.7 Å². The summed E-state index contributed by atoms with van der Waals surface area (Å²) in [6, 6.07) is 15.5. The Morgan fingerprint density at radius 3 is 2.65 bits per heavy atom. The molecular formula is C25H26N4O2. The molecule has 31 heavy (non-hydrogen) atoms. The highest BCUT2D eigenvalue weighted by Gasteiger charge is 2.07. The Balaban J connectivity index is 1.57. The Bertz CT molecular complexity index is 1100. The summed E-state index contributed by atoms with van der Waals surface area (Å²) in [6.07, 6.45) is 6.85. The lowest BCUT2D eigenvalue weighted by molar-refractivity contribution is 0.141. The van der Waals surface area contributed by atoms with Gasteiger partial charge in [-0.2, -0.15) is 0 Å². The van der Waals surface area contributed by atoms with Crippen LogP contribution in [0.25, 0.3) is 11.4 Å². The zero-order chi connectivity index (χ0) is 22.1. The molecule has 0 N–H and O–H groups in total. The van der Waals surface area contributed by atoms with Gasteiger partial charge in [0.25, 0.3) is 0 Å². The van der Waals surface area contributed by atoms with E-state index in [1.807, 2.05) is 69.3 Å². The third kappa shape index (κ3) is 6.65. The SMILES string of the molecule is C#CCOc1cc(C)nc(-c2cccc(CCCON=C(C)c3cccc(C)n3)n2)c1. The van der Waals surface area contributed by atoms with E-state index in [9.17, 15) is 0 Å². The first-order valence-corrected chi connectivity index (χ1v) is 10.2. The molecule has 0 saturated heterocycles. The Morgan fingerprint density at radius 1 is 1.00 bits per heavy atom. The summed E-state index contributed by atoms with van der Waals surface area (Å²) in [6.45, 7) is 6.49. The Labute approximate surface area is 183 Å². The molecule has 0 saturated carbocycles. The first-order valence-electron chi connectivity index (χ1n) is 10.2. The first kappa shape index (κ1) is 22.0. The third-order valence-corrected chi connectivity index (χ3v) is 4.45. The van der Waals surface area contributed by atoms with Gasteiger partial charge in [-0.25, -0.2) is 0 Å². The average Bonchev–Trinajstić information content (AvgIpc) is 2.77. The molecule has 0 amide bonds. The highest BCUT2D eigenvalue weighted by molar-refractivity contribution is 5.96. The molecular weight excluding hydrogens is 388 g/mol. The minimum atomic E-state index is 0.220. The maximum absolute atomic E-state index is 5.54. The van der Waals surface area contributed by atoms with Crippen LogP contribution in [0, 0.1) is 26.2 Å². The van der Waals surface area contributed by atoms with E-state index in [1.54, 1.807) is 0 Å². The van der Waals surface area contributed by atoms with Gasteiger partial charge >= 0.3 is 0 Å². The summed E-state index contributed by atoms with van der Waals surface area (Å²) in [5.41, 5.74) is 5.92. The smallest absolute Gasteiger partial charge is 0.148 e. The van der Waals surface area contributed by atoms with Crippen molar-refractivity contribution in [3.8, 4) is 29.5 Å². The summed E-state index contributed by atoms with van der Waals surface area (Å²) in [7, 11) is 0. The van der Waals surface area contributed by atoms with Crippen molar-refractivity contribution in [3.63, 3.8) is 0 Å². The van der Waals surface area contributed by atoms with Gasteiger partial charge in [0, 0.05) is 29.2 Å². The molecule has 3 aromatic rings. The van der Waals surface area contributed by atoms with Crippen molar-refractivity contribution in [2.24, 2.45) is 5.16 Å². The van der Waals surface area contributed by atoms with Gasteiger partial charge in [0.05, 0.1) is 17.1 Å². The maximum atomic E-state index is 5.54. The fourth-order valence-corrected chi connectivity index (χ4v) is 2.99.